The molecule has 1 heterocycles. The molecule has 0 aliphatic rings. The molecular weight excluding hydrogens is 240 g/mol. The van der Waals surface area contributed by atoms with Gasteiger partial charge in [0.1, 0.15) is 0 Å². The number of aromatic nitrogens is 1. The van der Waals surface area contributed by atoms with E-state index in [2.05, 4.69) is 30.1 Å². The van der Waals surface area contributed by atoms with Crippen LogP contribution in [0.2, 0.25) is 0 Å². The van der Waals surface area contributed by atoms with Gasteiger partial charge in [-0.2, -0.15) is 11.8 Å². The van der Waals surface area contributed by atoms with Gasteiger partial charge in [-0.1, -0.05) is 11.3 Å². The van der Waals surface area contributed by atoms with E-state index in [1.165, 1.54) is 0 Å². The van der Waals surface area contributed by atoms with Crippen molar-refractivity contribution in [1.82, 2.24) is 4.98 Å². The SMILES string of the molecule is CSCC(C)N(C)c1nc(C)c(C(C)O)s1. The molecule has 0 radical (unpaired) electrons. The molecule has 1 aromatic rings. The minimum Gasteiger partial charge on any atom is -0.388 e. The van der Waals surface area contributed by atoms with Gasteiger partial charge >= 0.3 is 0 Å². The molecule has 92 valence electrons. The summed E-state index contributed by atoms with van der Waals surface area (Å²) in [4.78, 5) is 7.66. The second-order valence-corrected chi connectivity index (χ2v) is 5.96. The highest BCUT2D eigenvalue weighted by atomic mass is 32.2. The number of aliphatic hydroxyl groups excluding tert-OH is 1. The molecule has 16 heavy (non-hydrogen) atoms. The van der Waals surface area contributed by atoms with Crippen molar-refractivity contribution in [3.63, 3.8) is 0 Å². The van der Waals surface area contributed by atoms with Crippen molar-refractivity contribution in [3.8, 4) is 0 Å². The Balaban J connectivity index is 2.84. The Bertz CT molecular complexity index is 339. The van der Waals surface area contributed by atoms with Gasteiger partial charge in [-0.05, 0) is 27.0 Å². The van der Waals surface area contributed by atoms with Crippen LogP contribution in [0.15, 0.2) is 0 Å². The summed E-state index contributed by atoms with van der Waals surface area (Å²) in [5, 5.41) is 10.6. The number of aryl methyl sites for hydroxylation is 1. The van der Waals surface area contributed by atoms with Gasteiger partial charge in [0.15, 0.2) is 5.13 Å². The number of nitrogens with zero attached hydrogens (tertiary/aromatic N) is 2. The first-order chi connectivity index (χ1) is 7.47. The van der Waals surface area contributed by atoms with Crippen molar-refractivity contribution in [2.45, 2.75) is 32.9 Å². The third-order valence-electron chi connectivity index (χ3n) is 2.57. The number of hydrogen-bond donors (Lipinski definition) is 1. The zero-order chi connectivity index (χ0) is 12.3. The Morgan fingerprint density at radius 1 is 1.50 bits per heavy atom. The first-order valence-electron chi connectivity index (χ1n) is 5.34. The van der Waals surface area contributed by atoms with Crippen LogP contribution in [-0.4, -0.2) is 35.2 Å². The summed E-state index contributed by atoms with van der Waals surface area (Å²) in [5.41, 5.74) is 0.943. The van der Waals surface area contributed by atoms with Gasteiger partial charge in [-0.3, -0.25) is 0 Å². The van der Waals surface area contributed by atoms with Gasteiger partial charge in [0.25, 0.3) is 0 Å². The van der Waals surface area contributed by atoms with E-state index in [1.807, 2.05) is 18.7 Å². The minimum atomic E-state index is -0.421. The summed E-state index contributed by atoms with van der Waals surface area (Å²) in [7, 11) is 2.06. The van der Waals surface area contributed by atoms with Crippen LogP contribution < -0.4 is 4.90 Å². The fourth-order valence-corrected chi connectivity index (χ4v) is 3.25. The molecule has 0 aliphatic carbocycles. The lowest BCUT2D eigenvalue weighted by Crippen LogP contribution is -2.30. The average Bonchev–Trinajstić information content (AvgIpc) is 2.59. The zero-order valence-electron chi connectivity index (χ0n) is 10.5. The van der Waals surface area contributed by atoms with E-state index in [4.69, 9.17) is 0 Å². The van der Waals surface area contributed by atoms with Crippen LogP contribution in [0, 0.1) is 6.92 Å². The maximum Gasteiger partial charge on any atom is 0.185 e. The summed E-state index contributed by atoms with van der Waals surface area (Å²) in [5.74, 6) is 1.08. The molecule has 1 aromatic heterocycles. The molecule has 0 amide bonds. The van der Waals surface area contributed by atoms with E-state index in [1.54, 1.807) is 18.3 Å². The Morgan fingerprint density at radius 3 is 2.56 bits per heavy atom. The molecule has 5 heteroatoms. The van der Waals surface area contributed by atoms with Crippen LogP contribution in [0.25, 0.3) is 0 Å². The number of thiazole rings is 1. The molecule has 0 saturated heterocycles. The topological polar surface area (TPSA) is 36.4 Å². The lowest BCUT2D eigenvalue weighted by molar-refractivity contribution is 0.202. The number of thioether (sulfide) groups is 1. The van der Waals surface area contributed by atoms with E-state index >= 15 is 0 Å². The molecule has 0 fully saturated rings. The van der Waals surface area contributed by atoms with E-state index in [-0.39, 0.29) is 0 Å². The fourth-order valence-electron chi connectivity index (χ4n) is 1.47. The summed E-state index contributed by atoms with van der Waals surface area (Å²) in [6.07, 6.45) is 1.69. The van der Waals surface area contributed by atoms with Crippen LogP contribution in [0.1, 0.15) is 30.5 Å². The highest BCUT2D eigenvalue weighted by Crippen LogP contribution is 2.31. The third-order valence-corrected chi connectivity index (χ3v) is 4.81. The number of hydrogen-bond acceptors (Lipinski definition) is 5. The molecule has 1 rings (SSSR count). The summed E-state index contributed by atoms with van der Waals surface area (Å²) < 4.78 is 0. The van der Waals surface area contributed by atoms with Crippen molar-refractivity contribution in [2.24, 2.45) is 0 Å². The highest BCUT2D eigenvalue weighted by molar-refractivity contribution is 7.98. The van der Waals surface area contributed by atoms with Gasteiger partial charge in [-0.15, -0.1) is 0 Å². The summed E-state index contributed by atoms with van der Waals surface area (Å²) >= 11 is 3.42. The maximum atomic E-state index is 9.59. The van der Waals surface area contributed by atoms with Crippen LogP contribution in [-0.2, 0) is 0 Å². The van der Waals surface area contributed by atoms with Crippen molar-refractivity contribution in [1.29, 1.82) is 0 Å². The molecule has 0 spiro atoms. The third kappa shape index (κ3) is 3.12. The van der Waals surface area contributed by atoms with E-state index in [0.717, 1.165) is 21.5 Å². The second kappa shape index (κ2) is 5.89. The number of anilines is 1. The average molecular weight is 260 g/mol. The number of rotatable bonds is 5. The monoisotopic (exact) mass is 260 g/mol. The highest BCUT2D eigenvalue weighted by Gasteiger charge is 2.17. The largest absolute Gasteiger partial charge is 0.388 e. The van der Waals surface area contributed by atoms with Crippen LogP contribution in [0.3, 0.4) is 0 Å². The van der Waals surface area contributed by atoms with Crippen LogP contribution >= 0.6 is 23.1 Å². The van der Waals surface area contributed by atoms with E-state index in [0.29, 0.717) is 6.04 Å². The van der Waals surface area contributed by atoms with Crippen molar-refractivity contribution in [3.05, 3.63) is 10.6 Å². The molecule has 3 nitrogen and oxygen atoms in total. The van der Waals surface area contributed by atoms with Gasteiger partial charge < -0.3 is 10.0 Å². The fraction of sp³-hybridized carbons (Fsp3) is 0.727. The van der Waals surface area contributed by atoms with Crippen LogP contribution in [0.5, 0.6) is 0 Å². The maximum absolute atomic E-state index is 9.59. The van der Waals surface area contributed by atoms with Gasteiger partial charge in [0.2, 0.25) is 0 Å². The molecule has 0 bridgehead atoms. The molecular formula is C11H20N2OS2. The Hall–Kier alpha value is -0.260. The normalized spacial score (nSPS) is 14.9. The lowest BCUT2D eigenvalue weighted by atomic mass is 10.3. The molecule has 2 unspecified atom stereocenters. The van der Waals surface area contributed by atoms with E-state index < -0.39 is 6.10 Å². The van der Waals surface area contributed by atoms with Crippen molar-refractivity contribution < 1.29 is 5.11 Å². The predicted octanol–water partition coefficient (Wildman–Crippen LogP) is 2.69. The molecule has 1 N–H and O–H groups in total. The first-order valence-corrected chi connectivity index (χ1v) is 7.55. The van der Waals surface area contributed by atoms with Gasteiger partial charge in [0, 0.05) is 18.8 Å². The first kappa shape index (κ1) is 13.8. The molecule has 0 aliphatic heterocycles. The summed E-state index contributed by atoms with van der Waals surface area (Å²) in [6, 6.07) is 0.461. The second-order valence-electron chi connectivity index (χ2n) is 4.04. The molecule has 2 atom stereocenters. The van der Waals surface area contributed by atoms with E-state index in [9.17, 15) is 5.11 Å². The standard InChI is InChI=1S/C11H20N2OS2/c1-7(6-15-5)13(4)11-12-8(2)10(16-11)9(3)14/h7,9,14H,6H2,1-5H3. The van der Waals surface area contributed by atoms with Gasteiger partial charge in [0.05, 0.1) is 16.7 Å². The quantitative estimate of drug-likeness (QED) is 0.883. The van der Waals surface area contributed by atoms with Crippen LogP contribution in [0.4, 0.5) is 5.13 Å². The number of aliphatic hydroxyl groups is 1. The molecule has 0 saturated carbocycles. The summed E-state index contributed by atoms with van der Waals surface area (Å²) in [6.45, 7) is 5.93. The zero-order valence-corrected chi connectivity index (χ0v) is 12.2. The predicted molar refractivity (Wildman–Crippen MR) is 73.7 cm³/mol. The molecule has 0 aromatic carbocycles. The Morgan fingerprint density at radius 2 is 2.12 bits per heavy atom. The minimum absolute atomic E-state index is 0.421. The Kier molecular flexibility index (Phi) is 5.08. The van der Waals surface area contributed by atoms with Gasteiger partial charge in [-0.25, -0.2) is 4.98 Å². The van der Waals surface area contributed by atoms with Crippen molar-refractivity contribution >= 4 is 28.2 Å². The Labute approximate surface area is 106 Å². The smallest absolute Gasteiger partial charge is 0.185 e. The van der Waals surface area contributed by atoms with Crippen molar-refractivity contribution in [2.75, 3.05) is 24.0 Å². The lowest BCUT2D eigenvalue weighted by Gasteiger charge is -2.23.